The van der Waals surface area contributed by atoms with Crippen molar-refractivity contribution in [1.82, 2.24) is 4.90 Å². The van der Waals surface area contributed by atoms with Crippen LogP contribution in [-0.4, -0.2) is 23.4 Å². The van der Waals surface area contributed by atoms with Crippen molar-refractivity contribution in [3.8, 4) is 0 Å². The Morgan fingerprint density at radius 3 is 2.57 bits per heavy atom. The summed E-state index contributed by atoms with van der Waals surface area (Å²) in [6, 6.07) is 6.15. The maximum absolute atomic E-state index is 12.9. The Kier molecular flexibility index (Phi) is 4.18. The fraction of sp³-hybridized carbons (Fsp3) is 0.611. The highest BCUT2D eigenvalue weighted by atomic mass is 16.2. The van der Waals surface area contributed by atoms with Crippen LogP contribution in [0.15, 0.2) is 18.2 Å². The molecule has 2 aliphatic carbocycles. The van der Waals surface area contributed by atoms with Crippen LogP contribution in [0.5, 0.6) is 0 Å². The number of benzene rings is 1. The highest BCUT2D eigenvalue weighted by Gasteiger charge is 2.35. The summed E-state index contributed by atoms with van der Waals surface area (Å²) in [5.74, 6) is 0.887. The van der Waals surface area contributed by atoms with Crippen molar-refractivity contribution < 1.29 is 4.79 Å². The Balaban J connectivity index is 1.76. The molecular weight excluding hydrogens is 260 g/mol. The van der Waals surface area contributed by atoms with Gasteiger partial charge in [0.2, 0.25) is 0 Å². The highest BCUT2D eigenvalue weighted by molar-refractivity contribution is 5.97. The van der Waals surface area contributed by atoms with Gasteiger partial charge in [-0.25, -0.2) is 0 Å². The Morgan fingerprint density at radius 2 is 1.90 bits per heavy atom. The van der Waals surface area contributed by atoms with Gasteiger partial charge in [0.05, 0.1) is 0 Å². The van der Waals surface area contributed by atoms with E-state index in [4.69, 9.17) is 5.73 Å². The maximum atomic E-state index is 12.9. The molecule has 2 N–H and O–H groups in total. The van der Waals surface area contributed by atoms with Gasteiger partial charge in [0.1, 0.15) is 0 Å². The molecule has 0 aliphatic heterocycles. The number of anilines is 1. The monoisotopic (exact) mass is 286 g/mol. The summed E-state index contributed by atoms with van der Waals surface area (Å²) in [7, 11) is 0. The van der Waals surface area contributed by atoms with Crippen LogP contribution in [0.1, 0.15) is 60.9 Å². The topological polar surface area (TPSA) is 46.3 Å². The lowest BCUT2D eigenvalue weighted by Gasteiger charge is -2.30. The fourth-order valence-electron chi connectivity index (χ4n) is 3.47. The SMILES string of the molecule is Cc1c(N)cccc1C(=O)N(CC1CCCCC1)C1CC1. The van der Waals surface area contributed by atoms with Crippen LogP contribution in [0.2, 0.25) is 0 Å². The standard InChI is InChI=1S/C18H26N2O/c1-13-16(8-5-9-17(13)19)18(21)20(15-10-11-15)12-14-6-3-2-4-7-14/h5,8-9,14-15H,2-4,6-7,10-12,19H2,1H3. The fourth-order valence-corrected chi connectivity index (χ4v) is 3.47. The first-order valence-corrected chi connectivity index (χ1v) is 8.33. The van der Waals surface area contributed by atoms with Gasteiger partial charge < -0.3 is 10.6 Å². The molecule has 114 valence electrons. The van der Waals surface area contributed by atoms with Crippen molar-refractivity contribution in [2.45, 2.75) is 57.9 Å². The summed E-state index contributed by atoms with van der Waals surface area (Å²) in [4.78, 5) is 15.1. The number of carbonyl (C=O) groups is 1. The zero-order valence-corrected chi connectivity index (χ0v) is 13.0. The molecule has 1 aromatic rings. The maximum Gasteiger partial charge on any atom is 0.254 e. The third kappa shape index (κ3) is 3.22. The van der Waals surface area contributed by atoms with E-state index in [9.17, 15) is 4.79 Å². The minimum absolute atomic E-state index is 0.188. The molecule has 0 unspecified atom stereocenters. The van der Waals surface area contributed by atoms with Gasteiger partial charge in [0.25, 0.3) is 5.91 Å². The molecule has 0 heterocycles. The van der Waals surface area contributed by atoms with Crippen molar-refractivity contribution in [3.05, 3.63) is 29.3 Å². The Morgan fingerprint density at radius 1 is 1.19 bits per heavy atom. The Bertz CT molecular complexity index is 516. The number of nitrogens with zero attached hydrogens (tertiary/aromatic N) is 1. The number of amides is 1. The van der Waals surface area contributed by atoms with Gasteiger partial charge in [0.15, 0.2) is 0 Å². The van der Waals surface area contributed by atoms with E-state index in [-0.39, 0.29) is 5.91 Å². The van der Waals surface area contributed by atoms with Crippen LogP contribution < -0.4 is 5.73 Å². The molecular formula is C18H26N2O. The predicted molar refractivity (Wildman–Crippen MR) is 86.2 cm³/mol. The van der Waals surface area contributed by atoms with E-state index in [2.05, 4.69) is 4.90 Å². The number of hydrogen-bond donors (Lipinski definition) is 1. The van der Waals surface area contributed by atoms with Gasteiger partial charge in [-0.2, -0.15) is 0 Å². The largest absolute Gasteiger partial charge is 0.398 e. The number of hydrogen-bond acceptors (Lipinski definition) is 2. The van der Waals surface area contributed by atoms with Crippen LogP contribution in [-0.2, 0) is 0 Å². The van der Waals surface area contributed by atoms with E-state index < -0.39 is 0 Å². The van der Waals surface area contributed by atoms with E-state index in [0.717, 1.165) is 17.7 Å². The van der Waals surface area contributed by atoms with Crippen molar-refractivity contribution in [2.24, 2.45) is 5.92 Å². The van der Waals surface area contributed by atoms with Gasteiger partial charge >= 0.3 is 0 Å². The smallest absolute Gasteiger partial charge is 0.254 e. The summed E-state index contributed by atoms with van der Waals surface area (Å²) >= 11 is 0. The van der Waals surface area contributed by atoms with E-state index in [1.807, 2.05) is 25.1 Å². The van der Waals surface area contributed by atoms with E-state index >= 15 is 0 Å². The summed E-state index contributed by atoms with van der Waals surface area (Å²) in [5, 5.41) is 0. The molecule has 0 bridgehead atoms. The molecule has 0 aromatic heterocycles. The molecule has 1 amide bonds. The lowest BCUT2D eigenvalue weighted by molar-refractivity contribution is 0.0698. The molecule has 0 radical (unpaired) electrons. The first-order valence-electron chi connectivity index (χ1n) is 8.33. The number of rotatable bonds is 4. The molecule has 2 saturated carbocycles. The minimum Gasteiger partial charge on any atom is -0.398 e. The van der Waals surface area contributed by atoms with E-state index in [1.165, 1.54) is 44.9 Å². The summed E-state index contributed by atoms with van der Waals surface area (Å²) in [6.07, 6.45) is 8.92. The molecule has 3 rings (SSSR count). The summed E-state index contributed by atoms with van der Waals surface area (Å²) in [5.41, 5.74) is 8.40. The molecule has 1 aromatic carbocycles. The van der Waals surface area contributed by atoms with E-state index in [0.29, 0.717) is 17.6 Å². The molecule has 3 nitrogen and oxygen atoms in total. The van der Waals surface area contributed by atoms with Gasteiger partial charge in [-0.15, -0.1) is 0 Å². The lowest BCUT2D eigenvalue weighted by Crippen LogP contribution is -2.38. The van der Waals surface area contributed by atoms with Crippen LogP contribution in [0, 0.1) is 12.8 Å². The number of nitrogen functional groups attached to an aromatic ring is 1. The van der Waals surface area contributed by atoms with Crippen LogP contribution in [0.25, 0.3) is 0 Å². The van der Waals surface area contributed by atoms with Crippen LogP contribution in [0.3, 0.4) is 0 Å². The Hall–Kier alpha value is -1.51. The average molecular weight is 286 g/mol. The van der Waals surface area contributed by atoms with Gasteiger partial charge in [0, 0.05) is 23.8 Å². The van der Waals surface area contributed by atoms with Crippen molar-refractivity contribution in [3.63, 3.8) is 0 Å². The summed E-state index contributed by atoms with van der Waals surface area (Å²) < 4.78 is 0. The second-order valence-electron chi connectivity index (χ2n) is 6.71. The molecule has 0 atom stereocenters. The minimum atomic E-state index is 0.188. The zero-order valence-electron chi connectivity index (χ0n) is 13.0. The van der Waals surface area contributed by atoms with Crippen LogP contribution in [0.4, 0.5) is 5.69 Å². The first kappa shape index (κ1) is 14.4. The van der Waals surface area contributed by atoms with Crippen LogP contribution >= 0.6 is 0 Å². The second-order valence-corrected chi connectivity index (χ2v) is 6.71. The summed E-state index contributed by atoms with van der Waals surface area (Å²) in [6.45, 7) is 2.89. The van der Waals surface area contributed by atoms with Gasteiger partial charge in [-0.05, 0) is 56.2 Å². The van der Waals surface area contributed by atoms with Gasteiger partial charge in [-0.1, -0.05) is 25.3 Å². The first-order chi connectivity index (χ1) is 10.2. The number of nitrogens with two attached hydrogens (primary N) is 1. The average Bonchev–Trinajstić information content (AvgIpc) is 3.33. The molecule has 2 fully saturated rings. The predicted octanol–water partition coefficient (Wildman–Crippen LogP) is 3.76. The second kappa shape index (κ2) is 6.08. The quantitative estimate of drug-likeness (QED) is 0.857. The van der Waals surface area contributed by atoms with Gasteiger partial charge in [-0.3, -0.25) is 4.79 Å². The Labute approximate surface area is 127 Å². The molecule has 21 heavy (non-hydrogen) atoms. The van der Waals surface area contributed by atoms with Crippen molar-refractivity contribution in [1.29, 1.82) is 0 Å². The van der Waals surface area contributed by atoms with E-state index in [1.54, 1.807) is 0 Å². The van der Waals surface area contributed by atoms with Crippen molar-refractivity contribution >= 4 is 11.6 Å². The zero-order chi connectivity index (χ0) is 14.8. The lowest BCUT2D eigenvalue weighted by atomic mass is 9.88. The molecule has 3 heteroatoms. The molecule has 0 spiro atoms. The number of carbonyl (C=O) groups excluding carboxylic acids is 1. The highest BCUT2D eigenvalue weighted by Crippen LogP contribution is 2.33. The normalized spacial score (nSPS) is 19.5. The van der Waals surface area contributed by atoms with Crippen molar-refractivity contribution in [2.75, 3.05) is 12.3 Å². The third-order valence-corrected chi connectivity index (χ3v) is 5.03. The third-order valence-electron chi connectivity index (χ3n) is 5.03. The molecule has 0 saturated heterocycles. The molecule has 2 aliphatic rings.